The van der Waals surface area contributed by atoms with Crippen LogP contribution in [0.5, 0.6) is 0 Å². The number of nitrogens with one attached hydrogen (secondary N) is 2. The fraction of sp³-hybridized carbons (Fsp3) is 0.435. The summed E-state index contributed by atoms with van der Waals surface area (Å²) in [6.07, 6.45) is 2.51. The van der Waals surface area contributed by atoms with E-state index in [1.54, 1.807) is 18.1 Å². The van der Waals surface area contributed by atoms with Gasteiger partial charge in [0, 0.05) is 45.0 Å². The minimum atomic E-state index is -0.00938. The summed E-state index contributed by atoms with van der Waals surface area (Å²) in [7, 11) is 1.81. The first kappa shape index (κ1) is 22.4. The molecule has 0 aliphatic heterocycles. The second-order valence-corrected chi connectivity index (χ2v) is 7.28. The predicted molar refractivity (Wildman–Crippen MR) is 119 cm³/mol. The summed E-state index contributed by atoms with van der Waals surface area (Å²) < 4.78 is 0. The first-order valence-corrected chi connectivity index (χ1v) is 10.2. The zero-order valence-corrected chi connectivity index (χ0v) is 18.0. The van der Waals surface area contributed by atoms with E-state index in [2.05, 4.69) is 58.7 Å². The molecule has 0 bridgehead atoms. The second-order valence-electron chi connectivity index (χ2n) is 7.28. The van der Waals surface area contributed by atoms with Gasteiger partial charge in [-0.1, -0.05) is 42.8 Å². The van der Waals surface area contributed by atoms with Crippen molar-refractivity contribution in [2.45, 2.75) is 33.1 Å². The molecule has 1 aromatic carbocycles. The van der Waals surface area contributed by atoms with Crippen molar-refractivity contribution < 1.29 is 4.79 Å². The highest BCUT2D eigenvalue weighted by molar-refractivity contribution is 5.84. The largest absolute Gasteiger partial charge is 0.357 e. The lowest BCUT2D eigenvalue weighted by atomic mass is 9.99. The van der Waals surface area contributed by atoms with Crippen LogP contribution in [-0.2, 0) is 11.2 Å². The maximum Gasteiger partial charge on any atom is 0.244 e. The smallest absolute Gasteiger partial charge is 0.244 e. The highest BCUT2D eigenvalue weighted by Crippen LogP contribution is 2.15. The number of nitrogens with zero attached hydrogens (tertiary/aromatic N) is 3. The molecule has 2 rings (SSSR count). The molecule has 156 valence electrons. The summed E-state index contributed by atoms with van der Waals surface area (Å²) in [5.41, 5.74) is 3.53. The molecule has 6 nitrogen and oxygen atoms in total. The average Bonchev–Trinajstić information content (AvgIpc) is 2.74. The molecular formula is C23H33N5O. The number of guanidine groups is 1. The van der Waals surface area contributed by atoms with E-state index >= 15 is 0 Å². The third-order valence-corrected chi connectivity index (χ3v) is 4.76. The van der Waals surface area contributed by atoms with Crippen LogP contribution < -0.4 is 10.6 Å². The number of carbonyl (C=O) groups excluding carboxylic acids is 1. The van der Waals surface area contributed by atoms with Gasteiger partial charge >= 0.3 is 0 Å². The summed E-state index contributed by atoms with van der Waals surface area (Å²) in [5, 5.41) is 6.56. The van der Waals surface area contributed by atoms with Crippen molar-refractivity contribution in [3.8, 4) is 0 Å². The third kappa shape index (κ3) is 7.94. The van der Waals surface area contributed by atoms with Crippen molar-refractivity contribution in [1.29, 1.82) is 0 Å². The highest BCUT2D eigenvalue weighted by atomic mass is 16.2. The normalized spacial score (nSPS) is 12.3. The molecule has 0 aliphatic rings. The molecule has 1 atom stereocenters. The first-order chi connectivity index (χ1) is 14.0. The number of aliphatic imine (C=N–C) groups is 1. The van der Waals surface area contributed by atoms with E-state index in [1.165, 1.54) is 11.1 Å². The van der Waals surface area contributed by atoms with Crippen LogP contribution in [0.25, 0.3) is 0 Å². The van der Waals surface area contributed by atoms with Gasteiger partial charge in [-0.15, -0.1) is 0 Å². The average molecular weight is 396 g/mol. The van der Waals surface area contributed by atoms with Gasteiger partial charge in [0.25, 0.3) is 0 Å². The molecule has 1 unspecified atom stereocenters. The topological polar surface area (TPSA) is 69.6 Å². The van der Waals surface area contributed by atoms with Crippen molar-refractivity contribution >= 4 is 11.9 Å². The number of hydrogen-bond acceptors (Lipinski definition) is 3. The Labute approximate surface area is 174 Å². The van der Waals surface area contributed by atoms with Gasteiger partial charge in [-0.25, -0.2) is 4.99 Å². The Morgan fingerprint density at radius 2 is 2.03 bits per heavy atom. The van der Waals surface area contributed by atoms with E-state index in [4.69, 9.17) is 0 Å². The Kier molecular flexibility index (Phi) is 9.15. The van der Waals surface area contributed by atoms with Gasteiger partial charge < -0.3 is 15.5 Å². The van der Waals surface area contributed by atoms with Crippen LogP contribution >= 0.6 is 0 Å². The number of rotatable bonds is 9. The van der Waals surface area contributed by atoms with Gasteiger partial charge in [-0.3, -0.25) is 9.78 Å². The van der Waals surface area contributed by atoms with Crippen LogP contribution in [0.4, 0.5) is 0 Å². The lowest BCUT2D eigenvalue weighted by Crippen LogP contribution is -2.40. The Balaban J connectivity index is 1.84. The minimum absolute atomic E-state index is 0.00938. The van der Waals surface area contributed by atoms with Crippen LogP contribution in [0.3, 0.4) is 0 Å². The van der Waals surface area contributed by atoms with E-state index < -0.39 is 0 Å². The SMILES string of the molecule is CCNC(=NCC(=O)N(C)CCc1ccccn1)NCC(C)c1cccc(C)c1. The fourth-order valence-corrected chi connectivity index (χ4v) is 2.91. The molecule has 0 aliphatic carbocycles. The monoisotopic (exact) mass is 395 g/mol. The Morgan fingerprint density at radius 3 is 2.72 bits per heavy atom. The van der Waals surface area contributed by atoms with E-state index in [1.807, 2.05) is 25.1 Å². The summed E-state index contributed by atoms with van der Waals surface area (Å²) >= 11 is 0. The van der Waals surface area contributed by atoms with Crippen LogP contribution in [0.2, 0.25) is 0 Å². The summed E-state index contributed by atoms with van der Waals surface area (Å²) in [5.74, 6) is 0.999. The minimum Gasteiger partial charge on any atom is -0.357 e. The number of carbonyl (C=O) groups is 1. The molecule has 1 heterocycles. The van der Waals surface area contributed by atoms with E-state index in [-0.39, 0.29) is 12.5 Å². The summed E-state index contributed by atoms with van der Waals surface area (Å²) in [6.45, 7) is 8.54. The molecule has 2 N–H and O–H groups in total. The van der Waals surface area contributed by atoms with E-state index in [9.17, 15) is 4.79 Å². The zero-order chi connectivity index (χ0) is 21.1. The molecule has 6 heteroatoms. The molecule has 0 saturated heterocycles. The van der Waals surface area contributed by atoms with Gasteiger partial charge in [0.1, 0.15) is 6.54 Å². The molecule has 2 aromatic rings. The standard InChI is InChI=1S/C23H33N5O/c1-5-24-23(26-16-19(3)20-10-8-9-18(2)15-20)27-17-22(29)28(4)14-12-21-11-6-7-13-25-21/h6-11,13,15,19H,5,12,14,16-17H2,1-4H3,(H2,24,26,27). The Bertz CT molecular complexity index is 791. The number of hydrogen-bond donors (Lipinski definition) is 2. The van der Waals surface area contributed by atoms with E-state index in [0.717, 1.165) is 25.2 Å². The molecule has 1 amide bonds. The second kappa shape index (κ2) is 11.8. The van der Waals surface area contributed by atoms with Crippen LogP contribution in [-0.4, -0.2) is 55.0 Å². The number of aryl methyl sites for hydroxylation is 1. The summed E-state index contributed by atoms with van der Waals surface area (Å²) in [6, 6.07) is 14.4. The van der Waals surface area contributed by atoms with Crippen LogP contribution in [0.1, 0.15) is 36.6 Å². The zero-order valence-electron chi connectivity index (χ0n) is 18.0. The van der Waals surface area contributed by atoms with Crippen LogP contribution in [0, 0.1) is 6.92 Å². The summed E-state index contributed by atoms with van der Waals surface area (Å²) in [4.78, 5) is 22.9. The highest BCUT2D eigenvalue weighted by Gasteiger charge is 2.10. The predicted octanol–water partition coefficient (Wildman–Crippen LogP) is 2.75. The number of amides is 1. The lowest BCUT2D eigenvalue weighted by molar-refractivity contribution is -0.128. The van der Waals surface area contributed by atoms with Gasteiger partial charge in [0.2, 0.25) is 5.91 Å². The third-order valence-electron chi connectivity index (χ3n) is 4.76. The quantitative estimate of drug-likeness (QED) is 0.506. The molecule has 0 saturated carbocycles. The molecule has 0 fully saturated rings. The van der Waals surface area contributed by atoms with Gasteiger partial charge in [-0.2, -0.15) is 0 Å². The Hall–Kier alpha value is -2.89. The number of likely N-dealkylation sites (N-methyl/N-ethyl adjacent to an activating group) is 1. The van der Waals surface area contributed by atoms with Crippen molar-refractivity contribution in [2.24, 2.45) is 4.99 Å². The van der Waals surface area contributed by atoms with Crippen molar-refractivity contribution in [1.82, 2.24) is 20.5 Å². The number of pyridine rings is 1. The number of benzene rings is 1. The maximum absolute atomic E-state index is 12.4. The molecular weight excluding hydrogens is 362 g/mol. The molecule has 1 aromatic heterocycles. The van der Waals surface area contributed by atoms with Gasteiger partial charge in [-0.05, 0) is 37.5 Å². The van der Waals surface area contributed by atoms with Crippen LogP contribution in [0.15, 0.2) is 53.7 Å². The van der Waals surface area contributed by atoms with Crippen molar-refractivity contribution in [3.05, 3.63) is 65.5 Å². The first-order valence-electron chi connectivity index (χ1n) is 10.2. The Morgan fingerprint density at radius 1 is 1.21 bits per heavy atom. The molecule has 29 heavy (non-hydrogen) atoms. The lowest BCUT2D eigenvalue weighted by Gasteiger charge is -2.18. The number of aromatic nitrogens is 1. The van der Waals surface area contributed by atoms with Crippen molar-refractivity contribution in [2.75, 3.05) is 33.2 Å². The van der Waals surface area contributed by atoms with Gasteiger partial charge in [0.15, 0.2) is 5.96 Å². The molecule has 0 spiro atoms. The fourth-order valence-electron chi connectivity index (χ4n) is 2.91. The van der Waals surface area contributed by atoms with E-state index in [0.29, 0.717) is 18.4 Å². The molecule has 0 radical (unpaired) electrons. The van der Waals surface area contributed by atoms with Gasteiger partial charge in [0.05, 0.1) is 0 Å². The maximum atomic E-state index is 12.4. The van der Waals surface area contributed by atoms with Crippen molar-refractivity contribution in [3.63, 3.8) is 0 Å².